The van der Waals surface area contributed by atoms with Crippen LogP contribution in [0.15, 0.2) is 138 Å². The van der Waals surface area contributed by atoms with E-state index in [1.165, 1.54) is 38.9 Å². The van der Waals surface area contributed by atoms with E-state index in [1.807, 2.05) is 30.6 Å². The SMILES string of the molecule is c1ccc2c(c1)-c1ccc(-c3cccc4c3oc3ccccc34)cc1-c1ccccc1-c1c-2cnc2ncccc12. The average molecular weight is 523 g/mol. The van der Waals surface area contributed by atoms with Crippen molar-refractivity contribution < 1.29 is 4.42 Å². The normalized spacial score (nSPS) is 11.9. The average Bonchev–Trinajstić information content (AvgIpc) is 3.42. The first kappa shape index (κ1) is 22.3. The van der Waals surface area contributed by atoms with Crippen LogP contribution in [0.25, 0.3) is 88.6 Å². The topological polar surface area (TPSA) is 38.9 Å². The molecule has 0 saturated carbocycles. The largest absolute Gasteiger partial charge is 0.455 e. The minimum Gasteiger partial charge on any atom is -0.455 e. The van der Waals surface area contributed by atoms with Crippen molar-refractivity contribution >= 4 is 33.0 Å². The molecule has 1 aliphatic carbocycles. The molecule has 0 amide bonds. The molecule has 41 heavy (non-hydrogen) atoms. The number of nitrogens with zero attached hydrogens (tertiary/aromatic N) is 2. The van der Waals surface area contributed by atoms with Crippen molar-refractivity contribution in [2.75, 3.05) is 0 Å². The Morgan fingerprint density at radius 1 is 0.439 bits per heavy atom. The van der Waals surface area contributed by atoms with Gasteiger partial charge < -0.3 is 4.42 Å². The Labute approximate surface area is 236 Å². The van der Waals surface area contributed by atoms with Crippen LogP contribution >= 0.6 is 0 Å². The van der Waals surface area contributed by atoms with E-state index >= 15 is 0 Å². The zero-order valence-electron chi connectivity index (χ0n) is 22.0. The third-order valence-electron chi connectivity index (χ3n) is 8.37. The van der Waals surface area contributed by atoms with E-state index in [1.54, 1.807) is 0 Å². The highest BCUT2D eigenvalue weighted by atomic mass is 16.3. The molecule has 0 bridgehead atoms. The summed E-state index contributed by atoms with van der Waals surface area (Å²) in [7, 11) is 0. The quantitative estimate of drug-likeness (QED) is 0.215. The zero-order valence-corrected chi connectivity index (χ0v) is 22.0. The maximum absolute atomic E-state index is 6.43. The highest BCUT2D eigenvalue weighted by molar-refractivity contribution is 6.12. The van der Waals surface area contributed by atoms with E-state index < -0.39 is 0 Å². The summed E-state index contributed by atoms with van der Waals surface area (Å²) in [5.41, 5.74) is 14.2. The Kier molecular flexibility index (Phi) is 4.61. The van der Waals surface area contributed by atoms with Gasteiger partial charge in [0.15, 0.2) is 5.65 Å². The number of pyridine rings is 2. The lowest BCUT2D eigenvalue weighted by molar-refractivity contribution is 0.670. The molecule has 3 nitrogen and oxygen atoms in total. The molecule has 0 aliphatic heterocycles. The Balaban J connectivity index is 1.38. The van der Waals surface area contributed by atoms with E-state index in [0.29, 0.717) is 0 Å². The van der Waals surface area contributed by atoms with Gasteiger partial charge in [-0.2, -0.15) is 0 Å². The van der Waals surface area contributed by atoms with Crippen LogP contribution in [0.4, 0.5) is 0 Å². The molecule has 9 rings (SSSR count). The molecule has 0 spiro atoms. The summed E-state index contributed by atoms with van der Waals surface area (Å²) in [6.45, 7) is 0. The van der Waals surface area contributed by atoms with Crippen LogP contribution in [0.5, 0.6) is 0 Å². The van der Waals surface area contributed by atoms with Crippen molar-refractivity contribution in [2.45, 2.75) is 0 Å². The second-order valence-electron chi connectivity index (χ2n) is 10.6. The van der Waals surface area contributed by atoms with Crippen molar-refractivity contribution in [1.29, 1.82) is 0 Å². The number of fused-ring (bicyclic) bond motifs is 13. The Morgan fingerprint density at radius 3 is 1.98 bits per heavy atom. The minimum atomic E-state index is 0.754. The van der Waals surface area contributed by atoms with Crippen LogP contribution in [0.2, 0.25) is 0 Å². The van der Waals surface area contributed by atoms with Crippen molar-refractivity contribution in [3.05, 3.63) is 134 Å². The molecule has 0 radical (unpaired) electrons. The third-order valence-corrected chi connectivity index (χ3v) is 8.37. The van der Waals surface area contributed by atoms with Gasteiger partial charge in [0.1, 0.15) is 11.2 Å². The van der Waals surface area contributed by atoms with Gasteiger partial charge in [-0.3, -0.25) is 0 Å². The van der Waals surface area contributed by atoms with Gasteiger partial charge >= 0.3 is 0 Å². The highest BCUT2D eigenvalue weighted by Crippen LogP contribution is 2.50. The predicted octanol–water partition coefficient (Wildman–Crippen LogP) is 10.2. The molecule has 0 unspecified atom stereocenters. The molecule has 1 aliphatic rings. The molecule has 0 N–H and O–H groups in total. The van der Waals surface area contributed by atoms with Crippen molar-refractivity contribution in [3.63, 3.8) is 0 Å². The first-order valence-corrected chi connectivity index (χ1v) is 13.8. The summed E-state index contributed by atoms with van der Waals surface area (Å²) < 4.78 is 6.43. The lowest BCUT2D eigenvalue weighted by Gasteiger charge is -2.24. The number of hydrogen-bond donors (Lipinski definition) is 0. The number of hydrogen-bond acceptors (Lipinski definition) is 3. The molecule has 0 fully saturated rings. The summed E-state index contributed by atoms with van der Waals surface area (Å²) in [6, 6.07) is 43.0. The van der Waals surface area contributed by atoms with Crippen molar-refractivity contribution in [1.82, 2.24) is 9.97 Å². The van der Waals surface area contributed by atoms with Gasteiger partial charge in [-0.25, -0.2) is 9.97 Å². The fraction of sp³-hybridized carbons (Fsp3) is 0. The van der Waals surface area contributed by atoms with Crippen molar-refractivity contribution in [3.8, 4) is 55.6 Å². The lowest BCUT2D eigenvalue weighted by Crippen LogP contribution is -1.99. The Morgan fingerprint density at radius 2 is 1.10 bits per heavy atom. The summed E-state index contributed by atoms with van der Waals surface area (Å²) in [5, 5.41) is 3.33. The number of rotatable bonds is 1. The fourth-order valence-electron chi connectivity index (χ4n) is 6.56. The van der Waals surface area contributed by atoms with Gasteiger partial charge in [0.25, 0.3) is 0 Å². The maximum atomic E-state index is 6.43. The van der Waals surface area contributed by atoms with E-state index in [9.17, 15) is 0 Å². The number of aromatic nitrogens is 2. The van der Waals surface area contributed by atoms with Crippen LogP contribution in [-0.2, 0) is 0 Å². The Bertz CT molecular complexity index is 2330. The van der Waals surface area contributed by atoms with Crippen molar-refractivity contribution in [2.24, 2.45) is 0 Å². The zero-order chi connectivity index (χ0) is 26.9. The number of benzene rings is 5. The minimum absolute atomic E-state index is 0.754. The molecule has 5 aromatic carbocycles. The lowest BCUT2D eigenvalue weighted by atomic mass is 9.80. The first-order chi connectivity index (χ1) is 20.3. The van der Waals surface area contributed by atoms with Crippen LogP contribution in [-0.4, -0.2) is 9.97 Å². The fourth-order valence-corrected chi connectivity index (χ4v) is 6.56. The monoisotopic (exact) mass is 522 g/mol. The number of para-hydroxylation sites is 2. The molecule has 8 aromatic rings. The first-order valence-electron chi connectivity index (χ1n) is 13.8. The van der Waals surface area contributed by atoms with Crippen LogP contribution < -0.4 is 0 Å². The molecule has 190 valence electrons. The maximum Gasteiger partial charge on any atom is 0.159 e. The van der Waals surface area contributed by atoms with Gasteiger partial charge in [-0.05, 0) is 63.2 Å². The van der Waals surface area contributed by atoms with E-state index in [-0.39, 0.29) is 0 Å². The molecule has 0 atom stereocenters. The molecule has 3 aromatic heterocycles. The molecule has 3 heteroatoms. The second kappa shape index (κ2) is 8.48. The van der Waals surface area contributed by atoms with Crippen LogP contribution in [0.3, 0.4) is 0 Å². The third kappa shape index (κ3) is 3.20. The standard InChI is InChI=1S/C38H22N2O/c1-2-10-26-25(9-1)28-19-18-23(24-14-7-15-31-29-12-5-6-17-35(29)41-37(24)31)21-33(28)27-11-3-4-13-30(27)36-32-16-8-20-39-38(32)40-22-34(26)36/h1-22H. The molecular weight excluding hydrogens is 500 g/mol. The van der Waals surface area contributed by atoms with E-state index in [2.05, 4.69) is 108 Å². The second-order valence-corrected chi connectivity index (χ2v) is 10.6. The van der Waals surface area contributed by atoms with Crippen LogP contribution in [0, 0.1) is 0 Å². The highest BCUT2D eigenvalue weighted by Gasteiger charge is 2.24. The summed E-state index contributed by atoms with van der Waals surface area (Å²) in [4.78, 5) is 9.37. The molecule has 0 saturated heterocycles. The molecule has 3 heterocycles. The summed E-state index contributed by atoms with van der Waals surface area (Å²) in [6.07, 6.45) is 3.80. The van der Waals surface area contributed by atoms with Crippen LogP contribution in [0.1, 0.15) is 0 Å². The molecular formula is C38H22N2O. The summed E-state index contributed by atoms with van der Waals surface area (Å²) in [5.74, 6) is 0. The summed E-state index contributed by atoms with van der Waals surface area (Å²) >= 11 is 0. The van der Waals surface area contributed by atoms with Gasteiger partial charge in [0.2, 0.25) is 0 Å². The van der Waals surface area contributed by atoms with E-state index in [0.717, 1.165) is 49.7 Å². The van der Waals surface area contributed by atoms with Gasteiger partial charge in [-0.15, -0.1) is 0 Å². The number of furan rings is 1. The van der Waals surface area contributed by atoms with E-state index in [4.69, 9.17) is 9.40 Å². The Hall–Kier alpha value is -5.54. The smallest absolute Gasteiger partial charge is 0.159 e. The predicted molar refractivity (Wildman–Crippen MR) is 168 cm³/mol. The van der Waals surface area contributed by atoms with Gasteiger partial charge in [0, 0.05) is 45.2 Å². The van der Waals surface area contributed by atoms with Gasteiger partial charge in [0.05, 0.1) is 0 Å². The van der Waals surface area contributed by atoms with Gasteiger partial charge in [-0.1, -0.05) is 97.1 Å².